The van der Waals surface area contributed by atoms with Crippen LogP contribution in [0.3, 0.4) is 0 Å². The van der Waals surface area contributed by atoms with E-state index < -0.39 is 33.7 Å². The highest BCUT2D eigenvalue weighted by atomic mass is 28.4. The first kappa shape index (κ1) is 31.7. The van der Waals surface area contributed by atoms with E-state index in [1.54, 1.807) is 0 Å². The lowest BCUT2D eigenvalue weighted by Crippen LogP contribution is -2.65. The van der Waals surface area contributed by atoms with Gasteiger partial charge in [-0.25, -0.2) is 0 Å². The molecule has 0 saturated heterocycles. The van der Waals surface area contributed by atoms with Gasteiger partial charge in [-0.1, -0.05) is 54.3 Å². The standard InChI is InChI=1S/C24H58O3Si4/c1-17-21(29(9,10)11)25-28(8)23(6,19-3)22(5,18-2)26-31(15,16)24(7,20-4)27-30(12,13)14/h21,28H,17-20H2,1-16H3. The van der Waals surface area contributed by atoms with Crippen LogP contribution in [-0.2, 0) is 13.3 Å². The molecule has 0 amide bonds. The minimum absolute atomic E-state index is 0.0624. The summed E-state index contributed by atoms with van der Waals surface area (Å²) in [6.07, 6.45) is 4.21. The van der Waals surface area contributed by atoms with Gasteiger partial charge in [-0.2, -0.15) is 0 Å². The molecule has 7 heteroatoms. The fraction of sp³-hybridized carbons (Fsp3) is 1.00. The molecule has 0 aliphatic carbocycles. The summed E-state index contributed by atoms with van der Waals surface area (Å²) in [5.74, 6) is 0. The van der Waals surface area contributed by atoms with Crippen molar-refractivity contribution in [3.63, 3.8) is 0 Å². The molecule has 0 saturated carbocycles. The molecule has 0 aliphatic rings. The van der Waals surface area contributed by atoms with Crippen LogP contribution in [0.15, 0.2) is 0 Å². The maximum absolute atomic E-state index is 7.36. The molecule has 0 spiro atoms. The highest BCUT2D eigenvalue weighted by molar-refractivity contribution is 6.78. The third-order valence-electron chi connectivity index (χ3n) is 8.18. The molecule has 31 heavy (non-hydrogen) atoms. The van der Waals surface area contributed by atoms with Crippen molar-refractivity contribution in [1.29, 1.82) is 0 Å². The first-order valence-electron chi connectivity index (χ1n) is 12.7. The first-order valence-corrected chi connectivity index (χ1v) is 24.8. The van der Waals surface area contributed by atoms with Gasteiger partial charge in [-0.05, 0) is 78.8 Å². The van der Waals surface area contributed by atoms with Gasteiger partial charge in [0.15, 0.2) is 17.4 Å². The Bertz CT molecular complexity index is 558. The van der Waals surface area contributed by atoms with E-state index in [1.165, 1.54) is 0 Å². The molecule has 0 aliphatic heterocycles. The van der Waals surface area contributed by atoms with E-state index in [9.17, 15) is 0 Å². The van der Waals surface area contributed by atoms with Gasteiger partial charge in [-0.3, -0.25) is 0 Å². The SMILES string of the molecule is CCC(O[SiH](C)C(C)(CC)C(C)(CC)O[Si](C)(C)C(C)(CC)O[Si](C)(C)C)[Si](C)(C)C. The van der Waals surface area contributed by atoms with Crippen LogP contribution in [0.2, 0.25) is 64.0 Å². The highest BCUT2D eigenvalue weighted by Crippen LogP contribution is 2.52. The molecule has 0 rings (SSSR count). The van der Waals surface area contributed by atoms with Gasteiger partial charge < -0.3 is 13.3 Å². The molecule has 0 fully saturated rings. The Morgan fingerprint density at radius 1 is 0.742 bits per heavy atom. The van der Waals surface area contributed by atoms with Gasteiger partial charge in [0.25, 0.3) is 0 Å². The van der Waals surface area contributed by atoms with E-state index in [-0.39, 0.29) is 15.9 Å². The van der Waals surface area contributed by atoms with Crippen LogP contribution in [0, 0.1) is 0 Å². The van der Waals surface area contributed by atoms with Crippen molar-refractivity contribution >= 4 is 33.7 Å². The lowest BCUT2D eigenvalue weighted by Gasteiger charge is -2.56. The Kier molecular flexibility index (Phi) is 11.3. The Morgan fingerprint density at radius 3 is 1.52 bits per heavy atom. The predicted octanol–water partition coefficient (Wildman–Crippen LogP) is 8.13. The molecule has 5 unspecified atom stereocenters. The van der Waals surface area contributed by atoms with E-state index in [0.717, 1.165) is 25.7 Å². The largest absolute Gasteiger partial charge is 0.420 e. The van der Waals surface area contributed by atoms with E-state index in [1.807, 2.05) is 0 Å². The summed E-state index contributed by atoms with van der Waals surface area (Å²) in [6, 6.07) is 0. The maximum atomic E-state index is 7.36. The quantitative estimate of drug-likeness (QED) is 0.222. The molecule has 0 bridgehead atoms. The normalized spacial score (nSPS) is 21.7. The minimum Gasteiger partial charge on any atom is -0.420 e. The predicted molar refractivity (Wildman–Crippen MR) is 151 cm³/mol. The van der Waals surface area contributed by atoms with Crippen LogP contribution in [-0.4, -0.2) is 50.3 Å². The van der Waals surface area contributed by atoms with E-state index in [0.29, 0.717) is 5.73 Å². The lowest BCUT2D eigenvalue weighted by atomic mass is 9.85. The molecule has 3 nitrogen and oxygen atoms in total. The van der Waals surface area contributed by atoms with Crippen LogP contribution >= 0.6 is 0 Å². The lowest BCUT2D eigenvalue weighted by molar-refractivity contribution is -0.00537. The van der Waals surface area contributed by atoms with Crippen LogP contribution in [0.4, 0.5) is 0 Å². The Balaban J connectivity index is 6.13. The zero-order chi connectivity index (χ0) is 25.1. The van der Waals surface area contributed by atoms with Crippen molar-refractivity contribution in [2.24, 2.45) is 0 Å². The summed E-state index contributed by atoms with van der Waals surface area (Å²) in [7, 11) is -6.78. The van der Waals surface area contributed by atoms with Gasteiger partial charge in [0.2, 0.25) is 8.32 Å². The molecule has 5 atom stereocenters. The smallest absolute Gasteiger partial charge is 0.217 e. The summed E-state index contributed by atoms with van der Waals surface area (Å²) >= 11 is 0. The molecule has 0 aromatic rings. The van der Waals surface area contributed by atoms with Crippen molar-refractivity contribution in [3.8, 4) is 0 Å². The van der Waals surface area contributed by atoms with Crippen LogP contribution in [0.25, 0.3) is 0 Å². The monoisotopic (exact) mass is 506 g/mol. The van der Waals surface area contributed by atoms with E-state index in [2.05, 4.69) is 107 Å². The third-order valence-corrected chi connectivity index (χ3v) is 19.7. The highest BCUT2D eigenvalue weighted by Gasteiger charge is 2.56. The van der Waals surface area contributed by atoms with Crippen molar-refractivity contribution in [2.75, 3.05) is 0 Å². The number of hydrogen-bond donors (Lipinski definition) is 0. The molecule has 0 N–H and O–H groups in total. The maximum Gasteiger partial charge on any atom is 0.217 e. The summed E-state index contributed by atoms with van der Waals surface area (Å²) in [5.41, 5.74) is 0.225. The molecular weight excluding hydrogens is 449 g/mol. The number of rotatable bonds is 14. The van der Waals surface area contributed by atoms with Gasteiger partial charge >= 0.3 is 0 Å². The third kappa shape index (κ3) is 7.62. The molecular formula is C24H58O3Si4. The fourth-order valence-electron chi connectivity index (χ4n) is 4.96. The Morgan fingerprint density at radius 2 is 1.23 bits per heavy atom. The second-order valence-electron chi connectivity index (χ2n) is 12.8. The van der Waals surface area contributed by atoms with Crippen molar-refractivity contribution in [3.05, 3.63) is 0 Å². The Labute approximate surface area is 201 Å². The molecule has 0 aromatic heterocycles. The summed E-state index contributed by atoms with van der Waals surface area (Å²) in [5, 5.41) is -0.120. The van der Waals surface area contributed by atoms with Crippen LogP contribution in [0.1, 0.15) is 74.1 Å². The molecule has 0 heterocycles. The zero-order valence-corrected chi connectivity index (χ0v) is 28.4. The molecule has 188 valence electrons. The van der Waals surface area contributed by atoms with E-state index in [4.69, 9.17) is 13.3 Å². The van der Waals surface area contributed by atoms with Gasteiger partial charge in [-0.15, -0.1) is 0 Å². The second kappa shape index (κ2) is 11.0. The van der Waals surface area contributed by atoms with Crippen molar-refractivity contribution < 1.29 is 13.3 Å². The Hall–Kier alpha value is 0.748. The van der Waals surface area contributed by atoms with Crippen LogP contribution in [0.5, 0.6) is 0 Å². The first-order chi connectivity index (χ1) is 13.7. The minimum atomic E-state index is -2.19. The molecule has 0 aromatic carbocycles. The summed E-state index contributed by atoms with van der Waals surface area (Å²) in [6.45, 7) is 37.7. The van der Waals surface area contributed by atoms with Crippen molar-refractivity contribution in [1.82, 2.24) is 0 Å². The summed E-state index contributed by atoms with van der Waals surface area (Å²) in [4.78, 5) is 0. The summed E-state index contributed by atoms with van der Waals surface area (Å²) < 4.78 is 21.2. The topological polar surface area (TPSA) is 27.7 Å². The van der Waals surface area contributed by atoms with Gasteiger partial charge in [0.05, 0.1) is 18.9 Å². The second-order valence-corrected chi connectivity index (χ2v) is 29.7. The fourth-order valence-corrected chi connectivity index (χ4v) is 17.2. The molecule has 0 radical (unpaired) electrons. The van der Waals surface area contributed by atoms with Gasteiger partial charge in [0, 0.05) is 10.8 Å². The van der Waals surface area contributed by atoms with Crippen LogP contribution < -0.4 is 0 Å². The van der Waals surface area contributed by atoms with Crippen molar-refractivity contribution in [2.45, 2.75) is 155 Å². The van der Waals surface area contributed by atoms with Gasteiger partial charge in [0.1, 0.15) is 0 Å². The average Bonchev–Trinajstić information content (AvgIpc) is 2.61. The number of hydrogen-bond acceptors (Lipinski definition) is 3. The zero-order valence-electron chi connectivity index (χ0n) is 24.2. The average molecular weight is 507 g/mol. The van der Waals surface area contributed by atoms with E-state index >= 15 is 0 Å².